The largest absolute Gasteiger partial charge is 0.361 e. The second-order valence-electron chi connectivity index (χ2n) is 5.00. The van der Waals surface area contributed by atoms with Gasteiger partial charge in [0.15, 0.2) is 21.5 Å². The predicted molar refractivity (Wildman–Crippen MR) is 78.3 cm³/mol. The first-order valence-corrected chi connectivity index (χ1v) is 8.30. The average molecular weight is 344 g/mol. The zero-order chi connectivity index (χ0) is 17.2. The third-order valence-corrected chi connectivity index (χ3v) is 5.11. The van der Waals surface area contributed by atoms with E-state index < -0.39 is 38.4 Å². The molecular weight excluding hydrogens is 330 g/mol. The van der Waals surface area contributed by atoms with Crippen molar-refractivity contribution in [1.82, 2.24) is 5.16 Å². The van der Waals surface area contributed by atoms with Crippen LogP contribution >= 0.6 is 0 Å². The smallest absolute Gasteiger partial charge is 0.242 e. The van der Waals surface area contributed by atoms with E-state index in [2.05, 4.69) is 10.5 Å². The van der Waals surface area contributed by atoms with Gasteiger partial charge < -0.3 is 9.84 Å². The van der Waals surface area contributed by atoms with Crippen molar-refractivity contribution >= 4 is 21.4 Å². The summed E-state index contributed by atoms with van der Waals surface area (Å²) >= 11 is 0. The molecule has 1 amide bonds. The lowest BCUT2D eigenvalue weighted by Gasteiger charge is -2.12. The number of hydrogen-bond acceptors (Lipinski definition) is 5. The molecular formula is C14H14F2N2O4S. The maximum absolute atomic E-state index is 13.1. The topological polar surface area (TPSA) is 89.3 Å². The highest BCUT2D eigenvalue weighted by Gasteiger charge is 2.29. The van der Waals surface area contributed by atoms with Gasteiger partial charge in [-0.25, -0.2) is 17.2 Å². The van der Waals surface area contributed by atoms with E-state index in [0.29, 0.717) is 5.76 Å². The summed E-state index contributed by atoms with van der Waals surface area (Å²) in [7, 11) is -3.84. The fraction of sp³-hybridized carbons (Fsp3) is 0.286. The number of nitrogens with zero attached hydrogens (tertiary/aromatic N) is 1. The molecule has 0 spiro atoms. The first-order chi connectivity index (χ1) is 10.7. The summed E-state index contributed by atoms with van der Waals surface area (Å²) in [4.78, 5) is 12.0. The van der Waals surface area contributed by atoms with E-state index in [1.807, 2.05) is 0 Å². The number of aromatic nitrogens is 1. The zero-order valence-corrected chi connectivity index (χ0v) is 13.2. The van der Waals surface area contributed by atoms with Gasteiger partial charge in [0.1, 0.15) is 11.0 Å². The first-order valence-electron chi connectivity index (χ1n) is 6.59. The van der Waals surface area contributed by atoms with Crippen molar-refractivity contribution in [2.45, 2.75) is 24.9 Å². The van der Waals surface area contributed by atoms with E-state index in [-0.39, 0.29) is 11.4 Å². The molecule has 0 aliphatic carbocycles. The lowest BCUT2D eigenvalue weighted by molar-refractivity contribution is -0.115. The minimum Gasteiger partial charge on any atom is -0.361 e. The van der Waals surface area contributed by atoms with Gasteiger partial charge >= 0.3 is 0 Å². The lowest BCUT2D eigenvalue weighted by atomic mass is 10.3. The van der Waals surface area contributed by atoms with E-state index >= 15 is 0 Å². The number of carbonyl (C=O) groups excluding carboxylic acids is 1. The average Bonchev–Trinajstić information content (AvgIpc) is 2.86. The minimum absolute atomic E-state index is 0.0340. The van der Waals surface area contributed by atoms with E-state index in [0.717, 1.165) is 18.2 Å². The molecule has 23 heavy (non-hydrogen) atoms. The summed E-state index contributed by atoms with van der Waals surface area (Å²) in [6.07, 6.45) is 0. The van der Waals surface area contributed by atoms with Crippen LogP contribution in [0.4, 0.5) is 14.5 Å². The highest BCUT2D eigenvalue weighted by molar-refractivity contribution is 7.92. The van der Waals surface area contributed by atoms with Crippen LogP contribution in [-0.2, 0) is 20.4 Å². The predicted octanol–water partition coefficient (Wildman–Crippen LogP) is 2.20. The molecule has 0 radical (unpaired) electrons. The monoisotopic (exact) mass is 344 g/mol. The van der Waals surface area contributed by atoms with Gasteiger partial charge in [0, 0.05) is 17.8 Å². The number of benzene rings is 1. The van der Waals surface area contributed by atoms with E-state index in [9.17, 15) is 22.0 Å². The van der Waals surface area contributed by atoms with Gasteiger partial charge in [-0.1, -0.05) is 5.16 Å². The molecule has 2 rings (SSSR count). The quantitative estimate of drug-likeness (QED) is 0.898. The van der Waals surface area contributed by atoms with Crippen LogP contribution in [0.15, 0.2) is 28.8 Å². The molecule has 1 heterocycles. The third kappa shape index (κ3) is 4.13. The van der Waals surface area contributed by atoms with E-state index in [1.165, 1.54) is 13.0 Å². The Kier molecular flexibility index (Phi) is 4.79. The molecule has 124 valence electrons. The summed E-state index contributed by atoms with van der Waals surface area (Å²) in [5.74, 6) is -3.07. The minimum atomic E-state index is -3.84. The molecule has 0 bridgehead atoms. The van der Waals surface area contributed by atoms with Crippen molar-refractivity contribution in [3.05, 3.63) is 47.4 Å². The lowest BCUT2D eigenvalue weighted by Crippen LogP contribution is -2.33. The Labute approximate surface area is 131 Å². The fourth-order valence-corrected chi connectivity index (χ4v) is 2.98. The Balaban J connectivity index is 2.09. The zero-order valence-electron chi connectivity index (χ0n) is 12.3. The van der Waals surface area contributed by atoms with Gasteiger partial charge in [-0.15, -0.1) is 0 Å². The number of nitrogens with one attached hydrogen (secondary N) is 1. The van der Waals surface area contributed by atoms with Crippen molar-refractivity contribution in [1.29, 1.82) is 0 Å². The molecule has 1 aromatic heterocycles. The maximum atomic E-state index is 13.1. The molecule has 0 aliphatic rings. The normalized spacial score (nSPS) is 12.9. The number of anilines is 1. The van der Waals surface area contributed by atoms with E-state index in [4.69, 9.17) is 4.52 Å². The van der Waals surface area contributed by atoms with Gasteiger partial charge in [-0.05, 0) is 26.0 Å². The van der Waals surface area contributed by atoms with Crippen molar-refractivity contribution in [3.8, 4) is 0 Å². The molecule has 1 N–H and O–H groups in total. The summed E-state index contributed by atoms with van der Waals surface area (Å²) in [6, 6.07) is 4.20. The number of amides is 1. The fourth-order valence-electron chi connectivity index (χ4n) is 1.80. The van der Waals surface area contributed by atoms with Crippen LogP contribution in [-0.4, -0.2) is 24.7 Å². The molecule has 0 saturated carbocycles. The number of rotatable bonds is 5. The number of sulfone groups is 1. The molecule has 9 heteroatoms. The molecule has 1 atom stereocenters. The van der Waals surface area contributed by atoms with Gasteiger partial charge in [-0.3, -0.25) is 4.79 Å². The van der Waals surface area contributed by atoms with Crippen LogP contribution in [0.5, 0.6) is 0 Å². The number of aryl methyl sites for hydroxylation is 1. The number of hydrogen-bond donors (Lipinski definition) is 1. The Morgan fingerprint density at radius 1 is 1.30 bits per heavy atom. The van der Waals surface area contributed by atoms with Crippen LogP contribution in [0.25, 0.3) is 0 Å². The van der Waals surface area contributed by atoms with Crippen LogP contribution in [0.3, 0.4) is 0 Å². The highest BCUT2D eigenvalue weighted by Crippen LogP contribution is 2.16. The van der Waals surface area contributed by atoms with Crippen LogP contribution in [0.2, 0.25) is 0 Å². The molecule has 0 fully saturated rings. The van der Waals surface area contributed by atoms with Gasteiger partial charge in [0.2, 0.25) is 5.91 Å². The van der Waals surface area contributed by atoms with Crippen LogP contribution in [0, 0.1) is 18.6 Å². The summed E-state index contributed by atoms with van der Waals surface area (Å²) in [6.45, 7) is 2.82. The second-order valence-corrected chi connectivity index (χ2v) is 7.32. The van der Waals surface area contributed by atoms with Gasteiger partial charge in [0.05, 0.1) is 11.4 Å². The Bertz CT molecular complexity index is 833. The summed E-state index contributed by atoms with van der Waals surface area (Å²) in [5, 5.41) is 4.41. The SMILES string of the molecule is Cc1cc(CS(=O)(=O)C(C)C(=O)Nc2ccc(F)c(F)c2)no1. The van der Waals surface area contributed by atoms with Crippen molar-refractivity contribution in [3.63, 3.8) is 0 Å². The molecule has 2 aromatic rings. The van der Waals surface area contributed by atoms with Crippen molar-refractivity contribution < 1.29 is 26.5 Å². The third-order valence-electron chi connectivity index (χ3n) is 3.12. The Morgan fingerprint density at radius 3 is 2.57 bits per heavy atom. The van der Waals surface area contributed by atoms with Crippen molar-refractivity contribution in [2.75, 3.05) is 5.32 Å². The molecule has 1 unspecified atom stereocenters. The number of carbonyl (C=O) groups is 1. The van der Waals surface area contributed by atoms with E-state index in [1.54, 1.807) is 6.92 Å². The molecule has 0 aliphatic heterocycles. The summed E-state index contributed by atoms with van der Waals surface area (Å²) < 4.78 is 55.1. The standard InChI is InChI=1S/C14H14F2N2O4S/c1-8-5-11(18-22-8)7-23(20,21)9(2)14(19)17-10-3-4-12(15)13(16)6-10/h3-6,9H,7H2,1-2H3,(H,17,19). The second kappa shape index (κ2) is 6.45. The molecule has 1 aromatic carbocycles. The Hall–Kier alpha value is -2.29. The molecule has 0 saturated heterocycles. The molecule has 6 nitrogen and oxygen atoms in total. The van der Waals surface area contributed by atoms with Crippen LogP contribution < -0.4 is 5.32 Å². The van der Waals surface area contributed by atoms with Crippen LogP contribution in [0.1, 0.15) is 18.4 Å². The Morgan fingerprint density at radius 2 is 2.00 bits per heavy atom. The highest BCUT2D eigenvalue weighted by atomic mass is 32.2. The van der Waals surface area contributed by atoms with Gasteiger partial charge in [-0.2, -0.15) is 0 Å². The van der Waals surface area contributed by atoms with Crippen molar-refractivity contribution in [2.24, 2.45) is 0 Å². The summed E-state index contributed by atoms with van der Waals surface area (Å²) in [5.41, 5.74) is 0.156. The number of halogens is 2. The maximum Gasteiger partial charge on any atom is 0.242 e. The first kappa shape index (κ1) is 17.1. The van der Waals surface area contributed by atoms with Gasteiger partial charge in [0.25, 0.3) is 0 Å².